The van der Waals surface area contributed by atoms with Gasteiger partial charge in [0.2, 0.25) is 21.8 Å². The van der Waals surface area contributed by atoms with Gasteiger partial charge in [0, 0.05) is 30.0 Å². The van der Waals surface area contributed by atoms with E-state index < -0.39 is 16.1 Å². The third kappa shape index (κ3) is 9.66. The summed E-state index contributed by atoms with van der Waals surface area (Å²) in [6.07, 6.45) is 2.32. The minimum atomic E-state index is -3.56. The highest BCUT2D eigenvalue weighted by Gasteiger charge is 2.27. The molecule has 0 saturated carbocycles. The van der Waals surface area contributed by atoms with Crippen molar-refractivity contribution in [3.05, 3.63) is 58.6 Å². The molecule has 2 aromatic carbocycles. The van der Waals surface area contributed by atoms with Gasteiger partial charge in [-0.05, 0) is 75.6 Å². The molecule has 0 saturated heterocycles. The Kier molecular flexibility index (Phi) is 11.9. The van der Waals surface area contributed by atoms with Crippen molar-refractivity contribution in [2.45, 2.75) is 65.6 Å². The van der Waals surface area contributed by atoms with Crippen molar-refractivity contribution < 1.29 is 22.7 Å². The van der Waals surface area contributed by atoms with Crippen LogP contribution in [0.4, 0.5) is 5.69 Å². The first-order chi connectivity index (χ1) is 17.5. The highest BCUT2D eigenvalue weighted by atomic mass is 79.9. The summed E-state index contributed by atoms with van der Waals surface area (Å²) in [6.45, 7) is 8.42. The maximum absolute atomic E-state index is 13.4. The second kappa shape index (κ2) is 14.4. The number of hydrogen-bond acceptors (Lipinski definition) is 5. The summed E-state index contributed by atoms with van der Waals surface area (Å²) in [4.78, 5) is 27.8. The van der Waals surface area contributed by atoms with Crippen LogP contribution in [-0.2, 0) is 26.2 Å². The predicted octanol–water partition coefficient (Wildman–Crippen LogP) is 4.73. The molecule has 0 aliphatic heterocycles. The van der Waals surface area contributed by atoms with Crippen molar-refractivity contribution in [3.8, 4) is 5.75 Å². The van der Waals surface area contributed by atoms with Gasteiger partial charge in [0.25, 0.3) is 0 Å². The molecule has 2 rings (SSSR count). The number of ether oxygens (including phenoxy) is 1. The Hall–Kier alpha value is -2.59. The number of rotatable bonds is 14. The van der Waals surface area contributed by atoms with Crippen LogP contribution in [0.2, 0.25) is 0 Å². The third-order valence-corrected chi connectivity index (χ3v) is 7.69. The van der Waals surface area contributed by atoms with Crippen molar-refractivity contribution >= 4 is 43.5 Å². The van der Waals surface area contributed by atoms with Crippen molar-refractivity contribution in [1.29, 1.82) is 0 Å². The first-order valence-corrected chi connectivity index (χ1v) is 15.1. The highest BCUT2D eigenvalue weighted by molar-refractivity contribution is 9.10. The van der Waals surface area contributed by atoms with E-state index in [2.05, 4.69) is 21.2 Å². The topological polar surface area (TPSA) is 96.0 Å². The first kappa shape index (κ1) is 30.6. The molecule has 37 heavy (non-hydrogen) atoms. The van der Waals surface area contributed by atoms with Crippen LogP contribution in [0, 0.1) is 0 Å². The fourth-order valence-corrected chi connectivity index (χ4v) is 5.17. The molecular weight excluding hydrogens is 558 g/mol. The molecule has 2 atom stereocenters. The third-order valence-electron chi connectivity index (χ3n) is 6.00. The van der Waals surface area contributed by atoms with Crippen molar-refractivity contribution in [2.24, 2.45) is 0 Å². The number of sulfonamides is 1. The minimum Gasteiger partial charge on any atom is -0.494 e. The molecule has 0 unspecified atom stereocenters. The summed E-state index contributed by atoms with van der Waals surface area (Å²) >= 11 is 3.46. The molecule has 10 heteroatoms. The van der Waals surface area contributed by atoms with Crippen LogP contribution >= 0.6 is 15.9 Å². The lowest BCUT2D eigenvalue weighted by atomic mass is 10.1. The standard InChI is InChI=1S/C27H38BrN3O5S/c1-6-20(3)29-27(33)21(4)30(19-22-10-8-11-23(28)18-22)26(32)12-9-17-31(37(5,34)35)24-13-15-25(16-14-24)36-7-2/h8,10-11,13-16,18,20-21H,6-7,9,12,17,19H2,1-5H3,(H,29,33)/t20-,21+/m1/s1. The van der Waals surface area contributed by atoms with Crippen molar-refractivity contribution in [2.75, 3.05) is 23.7 Å². The fourth-order valence-electron chi connectivity index (χ4n) is 3.76. The zero-order chi connectivity index (χ0) is 27.6. The molecule has 0 spiro atoms. The molecule has 2 amide bonds. The number of amides is 2. The van der Waals surface area contributed by atoms with E-state index in [1.165, 1.54) is 4.31 Å². The summed E-state index contributed by atoms with van der Waals surface area (Å²) in [5.74, 6) is 0.222. The number of anilines is 1. The fraction of sp³-hybridized carbons (Fsp3) is 0.481. The van der Waals surface area contributed by atoms with Gasteiger partial charge in [0.05, 0.1) is 18.6 Å². The number of nitrogens with one attached hydrogen (secondary N) is 1. The van der Waals surface area contributed by atoms with E-state index >= 15 is 0 Å². The molecule has 0 radical (unpaired) electrons. The smallest absolute Gasteiger partial charge is 0.242 e. The van der Waals surface area contributed by atoms with Crippen LogP contribution < -0.4 is 14.4 Å². The first-order valence-electron chi connectivity index (χ1n) is 12.5. The molecule has 204 valence electrons. The van der Waals surface area contributed by atoms with E-state index in [9.17, 15) is 18.0 Å². The zero-order valence-electron chi connectivity index (χ0n) is 22.2. The molecule has 0 heterocycles. The largest absolute Gasteiger partial charge is 0.494 e. The lowest BCUT2D eigenvalue weighted by Crippen LogP contribution is -2.49. The average molecular weight is 597 g/mol. The molecule has 0 aliphatic rings. The van der Waals surface area contributed by atoms with E-state index in [1.54, 1.807) is 36.1 Å². The van der Waals surface area contributed by atoms with Crippen LogP contribution in [0.3, 0.4) is 0 Å². The Bertz CT molecular complexity index is 1140. The molecule has 0 aromatic heterocycles. The molecule has 0 aliphatic carbocycles. The lowest BCUT2D eigenvalue weighted by Gasteiger charge is -2.30. The van der Waals surface area contributed by atoms with E-state index in [-0.39, 0.29) is 37.4 Å². The predicted molar refractivity (Wildman–Crippen MR) is 151 cm³/mol. The molecular formula is C27H38BrN3O5S. The van der Waals surface area contributed by atoms with Gasteiger partial charge in [-0.2, -0.15) is 0 Å². The second-order valence-electron chi connectivity index (χ2n) is 9.01. The van der Waals surface area contributed by atoms with E-state index in [0.29, 0.717) is 24.5 Å². The maximum Gasteiger partial charge on any atom is 0.242 e. The van der Waals surface area contributed by atoms with Gasteiger partial charge < -0.3 is 15.0 Å². The summed E-state index contributed by atoms with van der Waals surface area (Å²) < 4.78 is 32.6. The Morgan fingerprint density at radius 2 is 1.76 bits per heavy atom. The molecule has 2 aromatic rings. The molecule has 0 bridgehead atoms. The van der Waals surface area contributed by atoms with Crippen LogP contribution in [0.1, 0.15) is 52.5 Å². The quantitative estimate of drug-likeness (QED) is 0.341. The Labute approximate surface area is 229 Å². The minimum absolute atomic E-state index is 0.00444. The van der Waals surface area contributed by atoms with Gasteiger partial charge in [-0.25, -0.2) is 8.42 Å². The molecule has 1 N–H and O–H groups in total. The Balaban J connectivity index is 2.16. The normalized spacial score (nSPS) is 12.9. The Morgan fingerprint density at radius 3 is 2.32 bits per heavy atom. The van der Waals surface area contributed by atoms with Gasteiger partial charge >= 0.3 is 0 Å². The van der Waals surface area contributed by atoms with Crippen LogP contribution in [0.5, 0.6) is 5.75 Å². The van der Waals surface area contributed by atoms with Gasteiger partial charge in [-0.3, -0.25) is 13.9 Å². The molecule has 0 fully saturated rings. The summed E-state index contributed by atoms with van der Waals surface area (Å²) in [6, 6.07) is 13.7. The van der Waals surface area contributed by atoms with Gasteiger partial charge in [-0.15, -0.1) is 0 Å². The number of hydrogen-bond donors (Lipinski definition) is 1. The SMILES string of the molecule is CCOc1ccc(N(CCCC(=O)N(Cc2cccc(Br)c2)[C@@H](C)C(=O)N[C@H](C)CC)S(C)(=O)=O)cc1. The highest BCUT2D eigenvalue weighted by Crippen LogP contribution is 2.23. The van der Waals surface area contributed by atoms with E-state index in [1.807, 2.05) is 45.0 Å². The number of halogens is 1. The number of nitrogens with zero attached hydrogens (tertiary/aromatic N) is 2. The van der Waals surface area contributed by atoms with Crippen LogP contribution in [0.15, 0.2) is 53.0 Å². The summed E-state index contributed by atoms with van der Waals surface area (Å²) in [5, 5.41) is 2.95. The molecule has 8 nitrogen and oxygen atoms in total. The van der Waals surface area contributed by atoms with Crippen molar-refractivity contribution in [3.63, 3.8) is 0 Å². The lowest BCUT2D eigenvalue weighted by molar-refractivity contribution is -0.140. The van der Waals surface area contributed by atoms with Gasteiger partial charge in [-0.1, -0.05) is 35.0 Å². The Morgan fingerprint density at radius 1 is 1.08 bits per heavy atom. The average Bonchev–Trinajstić information content (AvgIpc) is 2.84. The van der Waals surface area contributed by atoms with Gasteiger partial charge in [0.1, 0.15) is 11.8 Å². The van der Waals surface area contributed by atoms with Gasteiger partial charge in [0.15, 0.2) is 0 Å². The summed E-state index contributed by atoms with van der Waals surface area (Å²) in [5.41, 5.74) is 1.39. The number of carbonyl (C=O) groups excluding carboxylic acids is 2. The number of carbonyl (C=O) groups is 2. The monoisotopic (exact) mass is 595 g/mol. The maximum atomic E-state index is 13.4. The zero-order valence-corrected chi connectivity index (χ0v) is 24.6. The van der Waals surface area contributed by atoms with E-state index in [4.69, 9.17) is 4.74 Å². The van der Waals surface area contributed by atoms with Crippen LogP contribution in [0.25, 0.3) is 0 Å². The van der Waals surface area contributed by atoms with Crippen molar-refractivity contribution in [1.82, 2.24) is 10.2 Å². The summed E-state index contributed by atoms with van der Waals surface area (Å²) in [7, 11) is -3.56. The van der Waals surface area contributed by atoms with E-state index in [0.717, 1.165) is 22.7 Å². The second-order valence-corrected chi connectivity index (χ2v) is 11.8. The number of benzene rings is 2. The van der Waals surface area contributed by atoms with Crippen LogP contribution in [-0.4, -0.2) is 56.6 Å².